The van der Waals surface area contributed by atoms with Crippen molar-refractivity contribution in [2.75, 3.05) is 11.4 Å². The van der Waals surface area contributed by atoms with Crippen molar-refractivity contribution in [2.24, 2.45) is 0 Å². The largest absolute Gasteiger partial charge is 0.346 e. The number of rotatable bonds is 2. The van der Waals surface area contributed by atoms with Gasteiger partial charge in [0.1, 0.15) is 17.2 Å². The summed E-state index contributed by atoms with van der Waals surface area (Å²) in [4.78, 5) is 15.8. The summed E-state index contributed by atoms with van der Waals surface area (Å²) in [6, 6.07) is 4.31. The molecule has 0 spiro atoms. The molecule has 7 nitrogen and oxygen atoms in total. The van der Waals surface area contributed by atoms with Gasteiger partial charge in [-0.05, 0) is 37.8 Å². The summed E-state index contributed by atoms with van der Waals surface area (Å²) in [5.41, 5.74) is 1.53. The molecule has 2 aliphatic heterocycles. The van der Waals surface area contributed by atoms with E-state index in [0.717, 1.165) is 55.3 Å². The van der Waals surface area contributed by atoms with Crippen LogP contribution in [0.2, 0.25) is 0 Å². The monoisotopic (exact) mass is 335 g/mol. The van der Waals surface area contributed by atoms with Crippen LogP contribution >= 0.6 is 0 Å². The predicted octanol–water partition coefficient (Wildman–Crippen LogP) is 2.68. The van der Waals surface area contributed by atoms with Crippen LogP contribution in [-0.4, -0.2) is 36.3 Å². The minimum Gasteiger partial charge on any atom is -0.346 e. The first kappa shape index (κ1) is 14.7. The summed E-state index contributed by atoms with van der Waals surface area (Å²) in [7, 11) is 0. The molecule has 3 aromatic rings. The van der Waals surface area contributed by atoms with Crippen LogP contribution in [0.1, 0.15) is 49.8 Å². The van der Waals surface area contributed by atoms with Gasteiger partial charge >= 0.3 is 0 Å². The zero-order chi connectivity index (χ0) is 16.6. The second-order valence-corrected chi connectivity index (χ2v) is 6.86. The van der Waals surface area contributed by atoms with Crippen molar-refractivity contribution < 1.29 is 0 Å². The minimum atomic E-state index is 0.251. The number of aryl methyl sites for hydroxylation is 1. The van der Waals surface area contributed by atoms with Gasteiger partial charge in [0.05, 0.1) is 6.04 Å². The lowest BCUT2D eigenvalue weighted by Gasteiger charge is -2.25. The van der Waals surface area contributed by atoms with Crippen LogP contribution < -0.4 is 4.90 Å². The molecule has 7 heteroatoms. The highest BCUT2D eigenvalue weighted by atomic mass is 15.3. The van der Waals surface area contributed by atoms with Gasteiger partial charge in [-0.15, -0.1) is 10.2 Å². The van der Waals surface area contributed by atoms with Crippen molar-refractivity contribution in [1.82, 2.24) is 29.7 Å². The van der Waals surface area contributed by atoms with Gasteiger partial charge in [0.2, 0.25) is 0 Å². The van der Waals surface area contributed by atoms with Crippen molar-refractivity contribution >= 4 is 17.0 Å². The van der Waals surface area contributed by atoms with Crippen LogP contribution in [0.15, 0.2) is 24.5 Å². The van der Waals surface area contributed by atoms with Gasteiger partial charge in [-0.3, -0.25) is 4.98 Å². The number of fused-ring (bicyclic) bond motifs is 2. The molecular formula is C18H21N7. The van der Waals surface area contributed by atoms with Gasteiger partial charge in [0, 0.05) is 31.9 Å². The van der Waals surface area contributed by atoms with Crippen LogP contribution in [0.25, 0.3) is 11.2 Å². The van der Waals surface area contributed by atoms with E-state index in [1.165, 1.54) is 19.3 Å². The minimum absolute atomic E-state index is 0.251. The first-order valence-corrected chi connectivity index (χ1v) is 9.16. The second-order valence-electron chi connectivity index (χ2n) is 6.86. The summed E-state index contributed by atoms with van der Waals surface area (Å²) in [5.74, 6) is 3.22. The van der Waals surface area contributed by atoms with Gasteiger partial charge < -0.3 is 9.47 Å². The Kier molecular flexibility index (Phi) is 3.57. The lowest BCUT2D eigenvalue weighted by atomic mass is 10.2. The number of pyridine rings is 1. The third kappa shape index (κ3) is 2.54. The molecule has 0 bridgehead atoms. The molecule has 1 atom stereocenters. The third-order valence-corrected chi connectivity index (χ3v) is 5.30. The van der Waals surface area contributed by atoms with E-state index in [1.807, 2.05) is 6.07 Å². The predicted molar refractivity (Wildman–Crippen MR) is 94.2 cm³/mol. The molecule has 0 unspecified atom stereocenters. The van der Waals surface area contributed by atoms with E-state index in [1.54, 1.807) is 12.4 Å². The maximum atomic E-state index is 4.74. The molecule has 3 aromatic heterocycles. The molecule has 0 aromatic carbocycles. The molecule has 0 aliphatic carbocycles. The fourth-order valence-electron chi connectivity index (χ4n) is 4.07. The highest BCUT2D eigenvalue weighted by molar-refractivity contribution is 5.71. The molecule has 0 saturated carbocycles. The molecule has 0 radical (unpaired) electrons. The first-order chi connectivity index (χ1) is 12.4. The topological polar surface area (TPSA) is 72.6 Å². The van der Waals surface area contributed by atoms with E-state index in [0.29, 0.717) is 5.65 Å². The van der Waals surface area contributed by atoms with E-state index in [-0.39, 0.29) is 6.04 Å². The van der Waals surface area contributed by atoms with E-state index >= 15 is 0 Å². The summed E-state index contributed by atoms with van der Waals surface area (Å²) in [6.45, 7) is 2.03. The number of hydrogen-bond acceptors (Lipinski definition) is 6. The Labute approximate surface area is 146 Å². The maximum absolute atomic E-state index is 4.74. The summed E-state index contributed by atoms with van der Waals surface area (Å²) >= 11 is 0. The van der Waals surface area contributed by atoms with Crippen LogP contribution in [0, 0.1) is 0 Å². The molecule has 2 aliphatic rings. The molecule has 0 N–H and O–H groups in total. The highest BCUT2D eigenvalue weighted by Crippen LogP contribution is 2.35. The molecule has 25 heavy (non-hydrogen) atoms. The van der Waals surface area contributed by atoms with Gasteiger partial charge in [0.15, 0.2) is 11.5 Å². The number of nitrogens with zero attached hydrogens (tertiary/aromatic N) is 7. The number of aromatic nitrogens is 6. The van der Waals surface area contributed by atoms with Crippen LogP contribution in [-0.2, 0) is 13.0 Å². The standard InChI is InChI=1S/C18H21N7/c1-2-6-16-22-23-18(25(16)11-3-1)14-5-4-12-24(14)15-8-7-13-17(21-15)20-10-9-19-13/h7-10,14H,1-6,11-12H2/t14-/m0/s1. The van der Waals surface area contributed by atoms with E-state index < -0.39 is 0 Å². The molecule has 0 amide bonds. The Bertz CT molecular complexity index is 903. The highest BCUT2D eigenvalue weighted by Gasteiger charge is 2.32. The summed E-state index contributed by atoms with van der Waals surface area (Å²) < 4.78 is 2.36. The van der Waals surface area contributed by atoms with Crippen LogP contribution in [0.3, 0.4) is 0 Å². The number of anilines is 1. The van der Waals surface area contributed by atoms with Gasteiger partial charge in [-0.2, -0.15) is 0 Å². The fraction of sp³-hybridized carbons (Fsp3) is 0.500. The lowest BCUT2D eigenvalue weighted by Crippen LogP contribution is -2.26. The van der Waals surface area contributed by atoms with Gasteiger partial charge in [0.25, 0.3) is 0 Å². The molecule has 128 valence electrons. The molecule has 1 saturated heterocycles. The third-order valence-electron chi connectivity index (χ3n) is 5.30. The summed E-state index contributed by atoms with van der Waals surface area (Å²) in [5, 5.41) is 9.06. The Morgan fingerprint density at radius 1 is 0.920 bits per heavy atom. The van der Waals surface area contributed by atoms with Crippen molar-refractivity contribution in [1.29, 1.82) is 0 Å². The zero-order valence-corrected chi connectivity index (χ0v) is 14.2. The van der Waals surface area contributed by atoms with E-state index in [2.05, 4.69) is 35.7 Å². The SMILES string of the molecule is c1cnc2nc(N3CCC[C@H]3c3nnc4n3CCCCC4)ccc2n1. The van der Waals surface area contributed by atoms with Gasteiger partial charge in [-0.25, -0.2) is 9.97 Å². The molecule has 5 rings (SSSR count). The Balaban J connectivity index is 1.52. The first-order valence-electron chi connectivity index (χ1n) is 9.16. The van der Waals surface area contributed by atoms with E-state index in [4.69, 9.17) is 4.98 Å². The van der Waals surface area contributed by atoms with Crippen molar-refractivity contribution in [3.63, 3.8) is 0 Å². The van der Waals surface area contributed by atoms with Crippen molar-refractivity contribution in [3.05, 3.63) is 36.2 Å². The van der Waals surface area contributed by atoms with Crippen LogP contribution in [0.4, 0.5) is 5.82 Å². The average Bonchev–Trinajstić information content (AvgIpc) is 3.22. The molecule has 5 heterocycles. The Morgan fingerprint density at radius 2 is 1.88 bits per heavy atom. The fourth-order valence-corrected chi connectivity index (χ4v) is 4.07. The Hall–Kier alpha value is -2.57. The van der Waals surface area contributed by atoms with E-state index in [9.17, 15) is 0 Å². The normalized spacial score (nSPS) is 20.6. The lowest BCUT2D eigenvalue weighted by molar-refractivity contribution is 0.558. The van der Waals surface area contributed by atoms with Crippen LogP contribution in [0.5, 0.6) is 0 Å². The molecular weight excluding hydrogens is 314 g/mol. The van der Waals surface area contributed by atoms with Gasteiger partial charge in [-0.1, -0.05) is 6.42 Å². The summed E-state index contributed by atoms with van der Waals surface area (Å²) in [6.07, 6.45) is 10.4. The van der Waals surface area contributed by atoms with Crippen molar-refractivity contribution in [3.8, 4) is 0 Å². The molecule has 1 fully saturated rings. The number of hydrogen-bond donors (Lipinski definition) is 0. The Morgan fingerprint density at radius 3 is 2.88 bits per heavy atom. The van der Waals surface area contributed by atoms with Crippen molar-refractivity contribution in [2.45, 2.75) is 51.1 Å². The average molecular weight is 335 g/mol. The smallest absolute Gasteiger partial charge is 0.180 e. The quantitative estimate of drug-likeness (QED) is 0.717. The second kappa shape index (κ2) is 6.06. The zero-order valence-electron chi connectivity index (χ0n) is 14.2. The maximum Gasteiger partial charge on any atom is 0.180 e.